The first kappa shape index (κ1) is 19.1. The molecule has 0 aromatic carbocycles. The molecule has 21 heavy (non-hydrogen) atoms. The van der Waals surface area contributed by atoms with E-state index in [1.165, 1.54) is 7.11 Å². The Morgan fingerprint density at radius 2 is 1.90 bits per heavy atom. The lowest BCUT2D eigenvalue weighted by atomic mass is 10.2. The van der Waals surface area contributed by atoms with E-state index in [-0.39, 0.29) is 18.5 Å². The van der Waals surface area contributed by atoms with Gasteiger partial charge in [0.05, 0.1) is 26.9 Å². The van der Waals surface area contributed by atoms with Crippen LogP contribution in [0.15, 0.2) is 0 Å². The molecule has 1 amide bonds. The summed E-state index contributed by atoms with van der Waals surface area (Å²) in [6.07, 6.45) is 0.656. The highest BCUT2D eigenvalue weighted by atomic mass is 16.6. The van der Waals surface area contributed by atoms with Gasteiger partial charge in [-0.05, 0) is 20.3 Å². The zero-order valence-corrected chi connectivity index (χ0v) is 12.9. The lowest BCUT2D eigenvalue weighted by Gasteiger charge is -2.06. The van der Waals surface area contributed by atoms with Crippen LogP contribution >= 0.6 is 0 Å². The molecule has 0 aromatic rings. The van der Waals surface area contributed by atoms with Gasteiger partial charge in [0.2, 0.25) is 0 Å². The molecule has 122 valence electrons. The first-order valence-electron chi connectivity index (χ1n) is 6.88. The number of esters is 1. The third-order valence-electron chi connectivity index (χ3n) is 2.36. The van der Waals surface area contributed by atoms with E-state index in [0.717, 1.165) is 0 Å². The first-order chi connectivity index (χ1) is 10.0. The van der Waals surface area contributed by atoms with Gasteiger partial charge in [-0.3, -0.25) is 4.99 Å². The number of carbonyl (C=O) groups excluding carboxylic acids is 2. The second-order valence-corrected chi connectivity index (χ2v) is 4.04. The Balaban J connectivity index is 4.14. The monoisotopic (exact) mass is 306 g/mol. The fourth-order valence-electron chi connectivity index (χ4n) is 1.42. The zero-order chi connectivity index (χ0) is 16.1. The minimum atomic E-state index is -0.592. The third-order valence-corrected chi connectivity index (χ3v) is 2.36. The Hall–Kier alpha value is -1.87. The Morgan fingerprint density at radius 3 is 2.48 bits per heavy atom. The lowest BCUT2D eigenvalue weighted by Crippen LogP contribution is -2.80. The molecule has 0 aliphatic heterocycles. The number of alkyl carbamates (subject to hydrolysis) is 1. The average Bonchev–Trinajstić information content (AvgIpc) is 2.43. The van der Waals surface area contributed by atoms with Crippen LogP contribution in [0, 0.1) is 0 Å². The lowest BCUT2D eigenvalue weighted by molar-refractivity contribution is -0.468. The Kier molecular flexibility index (Phi) is 10.9. The van der Waals surface area contributed by atoms with Gasteiger partial charge in [0.1, 0.15) is 0 Å². The molecule has 0 saturated carbocycles. The smallest absolute Gasteiger partial charge is 0.462 e. The van der Waals surface area contributed by atoms with Crippen molar-refractivity contribution >= 4 is 18.0 Å². The van der Waals surface area contributed by atoms with Crippen LogP contribution in [0.3, 0.4) is 0 Å². The summed E-state index contributed by atoms with van der Waals surface area (Å²) in [6, 6.07) is -0.399. The van der Waals surface area contributed by atoms with E-state index in [1.54, 1.807) is 13.8 Å². The molecular weight excluding hydrogens is 280 g/mol. The van der Waals surface area contributed by atoms with Crippen molar-refractivity contribution in [2.75, 3.05) is 26.9 Å². The van der Waals surface area contributed by atoms with Crippen LogP contribution in [0.4, 0.5) is 4.79 Å². The summed E-state index contributed by atoms with van der Waals surface area (Å²) in [5, 5.41) is 2.45. The second kappa shape index (κ2) is 11.9. The van der Waals surface area contributed by atoms with Gasteiger partial charge < -0.3 is 15.2 Å². The van der Waals surface area contributed by atoms with Gasteiger partial charge in [-0.25, -0.2) is 14.4 Å². The number of carbonyl (C=O) groups is 2. The molecule has 0 heterocycles. The SMILES string of the molecule is CCOC(=O)NC(NOC)=[NH+]CCC[C@H]([NH3+])C(=O)OCC. The van der Waals surface area contributed by atoms with Crippen molar-refractivity contribution in [2.45, 2.75) is 32.7 Å². The predicted molar refractivity (Wildman–Crippen MR) is 73.7 cm³/mol. The predicted octanol–water partition coefficient (Wildman–Crippen LogP) is -2.73. The molecule has 0 saturated heterocycles. The molecule has 0 aliphatic carbocycles. The highest BCUT2D eigenvalue weighted by molar-refractivity contribution is 5.90. The van der Waals surface area contributed by atoms with E-state index >= 15 is 0 Å². The van der Waals surface area contributed by atoms with Crippen LogP contribution < -0.4 is 21.5 Å². The molecule has 0 unspecified atom stereocenters. The highest BCUT2D eigenvalue weighted by Crippen LogP contribution is 1.93. The number of rotatable bonds is 8. The quantitative estimate of drug-likeness (QED) is 0.127. The van der Waals surface area contributed by atoms with Gasteiger partial charge in [-0.1, -0.05) is 0 Å². The van der Waals surface area contributed by atoms with Crippen molar-refractivity contribution in [1.29, 1.82) is 0 Å². The summed E-state index contributed by atoms with van der Waals surface area (Å²) in [7, 11) is 1.42. The van der Waals surface area contributed by atoms with E-state index in [4.69, 9.17) is 14.3 Å². The van der Waals surface area contributed by atoms with E-state index in [9.17, 15) is 9.59 Å². The van der Waals surface area contributed by atoms with E-state index in [1.807, 2.05) is 0 Å². The summed E-state index contributed by atoms with van der Waals surface area (Å²) < 4.78 is 9.61. The molecule has 0 aliphatic rings. The first-order valence-corrected chi connectivity index (χ1v) is 6.88. The molecular formula is C12H26N4O5+2. The number of amides is 1. The highest BCUT2D eigenvalue weighted by Gasteiger charge is 2.18. The third kappa shape index (κ3) is 9.63. The minimum absolute atomic E-state index is 0.271. The number of quaternary nitrogens is 1. The maximum Gasteiger partial charge on any atom is 0.476 e. The number of hydrogen-bond donors (Lipinski definition) is 4. The Morgan fingerprint density at radius 1 is 1.24 bits per heavy atom. The average molecular weight is 306 g/mol. The van der Waals surface area contributed by atoms with Crippen LogP contribution in [-0.4, -0.2) is 50.9 Å². The van der Waals surface area contributed by atoms with Gasteiger partial charge in [0.25, 0.3) is 0 Å². The standard InChI is InChI=1S/C12H24N4O5/c1-4-20-10(17)9(13)7-6-8-14-11(16-19-3)15-12(18)21-5-2/h9H,4-8,13H2,1-3H3,(H2,14,15,16,18)/p+2/t9-/m0/s1. The van der Waals surface area contributed by atoms with Gasteiger partial charge in [0, 0.05) is 6.42 Å². The molecule has 0 radical (unpaired) electrons. The molecule has 1 atom stereocenters. The van der Waals surface area contributed by atoms with Crippen molar-refractivity contribution in [1.82, 2.24) is 10.8 Å². The van der Waals surface area contributed by atoms with Crippen molar-refractivity contribution in [3.8, 4) is 0 Å². The van der Waals surface area contributed by atoms with Gasteiger partial charge in [-0.15, -0.1) is 5.48 Å². The summed E-state index contributed by atoms with van der Waals surface area (Å²) in [5.41, 5.74) is 6.23. The van der Waals surface area contributed by atoms with Crippen LogP contribution in [0.5, 0.6) is 0 Å². The van der Waals surface area contributed by atoms with Crippen molar-refractivity contribution in [2.24, 2.45) is 0 Å². The molecule has 9 heteroatoms. The fourth-order valence-corrected chi connectivity index (χ4v) is 1.42. The largest absolute Gasteiger partial charge is 0.476 e. The van der Waals surface area contributed by atoms with Crippen LogP contribution in [0.25, 0.3) is 0 Å². The van der Waals surface area contributed by atoms with Crippen molar-refractivity contribution < 1.29 is 34.6 Å². The van der Waals surface area contributed by atoms with Crippen molar-refractivity contribution in [3.63, 3.8) is 0 Å². The van der Waals surface area contributed by atoms with Crippen LogP contribution in [0.2, 0.25) is 0 Å². The molecule has 0 aromatic heterocycles. The van der Waals surface area contributed by atoms with Gasteiger partial charge in [-0.2, -0.15) is 5.32 Å². The molecule has 0 spiro atoms. The van der Waals surface area contributed by atoms with Crippen LogP contribution in [0.1, 0.15) is 26.7 Å². The number of hydrogen-bond acceptors (Lipinski definition) is 5. The summed E-state index contributed by atoms with van der Waals surface area (Å²) in [5.74, 6) is -0.0333. The number of hydroxylamine groups is 1. The molecule has 9 nitrogen and oxygen atoms in total. The molecule has 0 bridgehead atoms. The summed E-state index contributed by atoms with van der Waals surface area (Å²) in [6.45, 7) is 4.60. The maximum atomic E-state index is 11.4. The maximum absolute atomic E-state index is 11.4. The Labute approximate surface area is 124 Å². The topological polar surface area (TPSA) is 128 Å². The summed E-state index contributed by atoms with van der Waals surface area (Å²) >= 11 is 0. The van der Waals surface area contributed by atoms with E-state index in [2.05, 4.69) is 21.5 Å². The number of ether oxygens (including phenoxy) is 2. The minimum Gasteiger partial charge on any atom is -0.462 e. The van der Waals surface area contributed by atoms with E-state index in [0.29, 0.717) is 26.0 Å². The molecule has 0 rings (SSSR count). The van der Waals surface area contributed by atoms with Crippen molar-refractivity contribution in [3.05, 3.63) is 0 Å². The number of nitrogens with one attached hydrogen (secondary N) is 3. The molecule has 6 N–H and O–H groups in total. The molecule has 0 fully saturated rings. The zero-order valence-electron chi connectivity index (χ0n) is 12.9. The van der Waals surface area contributed by atoms with Crippen LogP contribution in [-0.2, 0) is 19.1 Å². The second-order valence-electron chi connectivity index (χ2n) is 4.04. The normalized spacial score (nSPS) is 12.5. The number of guanidine groups is 1. The summed E-state index contributed by atoms with van der Waals surface area (Å²) in [4.78, 5) is 30.3. The Bertz CT molecular complexity index is 349. The van der Waals surface area contributed by atoms with E-state index < -0.39 is 12.1 Å². The van der Waals surface area contributed by atoms with Gasteiger partial charge in [0.15, 0.2) is 6.04 Å². The fraction of sp³-hybridized carbons (Fsp3) is 0.750. The van der Waals surface area contributed by atoms with Gasteiger partial charge >= 0.3 is 18.0 Å².